The van der Waals surface area contributed by atoms with Crippen LogP contribution < -0.4 is 10.5 Å². The van der Waals surface area contributed by atoms with Crippen molar-refractivity contribution < 1.29 is 8.42 Å². The molecule has 1 heterocycles. The summed E-state index contributed by atoms with van der Waals surface area (Å²) in [5, 5.41) is 0. The molecule has 2 rings (SSSR count). The van der Waals surface area contributed by atoms with E-state index in [0.29, 0.717) is 10.2 Å². The first-order valence-corrected chi connectivity index (χ1v) is 8.56. The van der Waals surface area contributed by atoms with Gasteiger partial charge in [-0.2, -0.15) is 0 Å². The van der Waals surface area contributed by atoms with Gasteiger partial charge in [-0.1, -0.05) is 15.9 Å². The topological polar surface area (TPSA) is 85.1 Å². The zero-order valence-electron chi connectivity index (χ0n) is 10.4. The number of halogens is 2. The van der Waals surface area contributed by atoms with E-state index in [9.17, 15) is 8.42 Å². The van der Waals surface area contributed by atoms with Gasteiger partial charge < -0.3 is 5.73 Å². The van der Waals surface area contributed by atoms with Crippen LogP contribution in [0.25, 0.3) is 0 Å². The molecule has 20 heavy (non-hydrogen) atoms. The number of rotatable bonds is 3. The largest absolute Gasteiger partial charge is 0.383 e. The van der Waals surface area contributed by atoms with Gasteiger partial charge in [-0.25, -0.2) is 13.4 Å². The van der Waals surface area contributed by atoms with Gasteiger partial charge in [0.05, 0.1) is 5.69 Å². The molecule has 0 radical (unpaired) electrons. The van der Waals surface area contributed by atoms with E-state index in [1.807, 2.05) is 13.0 Å². The van der Waals surface area contributed by atoms with E-state index in [-0.39, 0.29) is 10.7 Å². The summed E-state index contributed by atoms with van der Waals surface area (Å²) in [6.45, 7) is 1.81. The number of nitrogen functional groups attached to an aromatic ring is 1. The lowest BCUT2D eigenvalue weighted by Crippen LogP contribution is -2.16. The second-order valence-electron chi connectivity index (χ2n) is 4.10. The number of hydrogen-bond acceptors (Lipinski definition) is 4. The molecule has 2 aromatic rings. The van der Waals surface area contributed by atoms with Crippen molar-refractivity contribution in [2.24, 2.45) is 0 Å². The molecule has 0 spiro atoms. The third kappa shape index (κ3) is 3.31. The number of nitrogens with one attached hydrogen (secondary N) is 1. The number of pyridine rings is 1. The number of benzene rings is 1. The fourth-order valence-corrected chi connectivity index (χ4v) is 3.78. The van der Waals surface area contributed by atoms with Gasteiger partial charge in [0, 0.05) is 15.1 Å². The van der Waals surface area contributed by atoms with Crippen LogP contribution in [0.2, 0.25) is 0 Å². The average Bonchev–Trinajstić information content (AvgIpc) is 2.35. The molecule has 8 heteroatoms. The Kier molecular flexibility index (Phi) is 4.36. The molecule has 1 aromatic heterocycles. The summed E-state index contributed by atoms with van der Waals surface area (Å²) in [5.41, 5.74) is 6.92. The van der Waals surface area contributed by atoms with Crippen molar-refractivity contribution in [2.75, 3.05) is 10.5 Å². The molecule has 0 aliphatic carbocycles. The minimum Gasteiger partial charge on any atom is -0.383 e. The molecule has 0 unspecified atom stereocenters. The number of aromatic nitrogens is 1. The second-order valence-corrected chi connectivity index (χ2v) is 7.58. The summed E-state index contributed by atoms with van der Waals surface area (Å²) in [7, 11) is -3.78. The quantitative estimate of drug-likeness (QED) is 0.797. The molecule has 1 aromatic carbocycles. The van der Waals surface area contributed by atoms with E-state index in [1.165, 1.54) is 12.3 Å². The highest BCUT2D eigenvalue weighted by atomic mass is 79.9. The molecular weight excluding hydrogens is 410 g/mol. The van der Waals surface area contributed by atoms with Crippen LogP contribution in [0, 0.1) is 6.92 Å². The Morgan fingerprint density at radius 2 is 1.90 bits per heavy atom. The first-order chi connectivity index (χ1) is 9.29. The summed E-state index contributed by atoms with van der Waals surface area (Å²) < 4.78 is 28.6. The zero-order valence-corrected chi connectivity index (χ0v) is 14.4. The highest BCUT2D eigenvalue weighted by Gasteiger charge is 2.19. The van der Waals surface area contributed by atoms with Crippen LogP contribution in [-0.2, 0) is 10.0 Å². The second kappa shape index (κ2) is 5.71. The fraction of sp³-hybridized carbons (Fsp3) is 0.0833. The van der Waals surface area contributed by atoms with Crippen molar-refractivity contribution in [1.29, 1.82) is 0 Å². The number of anilines is 2. The van der Waals surface area contributed by atoms with Crippen molar-refractivity contribution in [1.82, 2.24) is 4.98 Å². The lowest BCUT2D eigenvalue weighted by Gasteiger charge is -2.12. The van der Waals surface area contributed by atoms with Crippen LogP contribution in [-0.4, -0.2) is 13.4 Å². The lowest BCUT2D eigenvalue weighted by molar-refractivity contribution is 0.601. The van der Waals surface area contributed by atoms with E-state index in [0.717, 1.165) is 10.0 Å². The molecular formula is C12H11Br2N3O2S. The van der Waals surface area contributed by atoms with Gasteiger partial charge in [0.25, 0.3) is 10.0 Å². The molecule has 0 aliphatic heterocycles. The van der Waals surface area contributed by atoms with Gasteiger partial charge in [0.15, 0.2) is 0 Å². The molecule has 5 nitrogen and oxygen atoms in total. The van der Waals surface area contributed by atoms with Crippen LogP contribution in [0.3, 0.4) is 0 Å². The minimum absolute atomic E-state index is 0.0459. The van der Waals surface area contributed by atoms with E-state index < -0.39 is 10.0 Å². The predicted octanol–water partition coefficient (Wildman–Crippen LogP) is 3.30. The Labute approximate surface area is 133 Å². The molecule has 0 bridgehead atoms. The van der Waals surface area contributed by atoms with E-state index in [4.69, 9.17) is 5.73 Å². The maximum atomic E-state index is 12.3. The van der Waals surface area contributed by atoms with E-state index in [1.54, 1.807) is 12.1 Å². The first kappa shape index (κ1) is 15.3. The molecule has 3 N–H and O–H groups in total. The smallest absolute Gasteiger partial charge is 0.265 e. The van der Waals surface area contributed by atoms with E-state index >= 15 is 0 Å². The summed E-state index contributed by atoms with van der Waals surface area (Å²) in [6.07, 6.45) is 1.44. The van der Waals surface area contributed by atoms with Gasteiger partial charge in [-0.3, -0.25) is 4.72 Å². The monoisotopic (exact) mass is 419 g/mol. The number of hydrogen-bond donors (Lipinski definition) is 2. The molecule has 0 atom stereocenters. The van der Waals surface area contributed by atoms with Gasteiger partial charge in [-0.05, 0) is 52.7 Å². The molecule has 0 amide bonds. The Hall–Kier alpha value is -1.12. The van der Waals surface area contributed by atoms with Crippen molar-refractivity contribution in [3.8, 4) is 0 Å². The maximum Gasteiger partial charge on any atom is 0.265 e. The van der Waals surface area contributed by atoms with Crippen molar-refractivity contribution in [3.63, 3.8) is 0 Å². The third-order valence-corrected chi connectivity index (χ3v) is 4.89. The van der Waals surface area contributed by atoms with Crippen LogP contribution in [0.15, 0.2) is 44.3 Å². The van der Waals surface area contributed by atoms with Crippen LogP contribution in [0.1, 0.15) is 5.56 Å². The highest BCUT2D eigenvalue weighted by molar-refractivity contribution is 9.10. The third-order valence-electron chi connectivity index (χ3n) is 2.57. The molecule has 0 aliphatic rings. The number of nitrogens with zero attached hydrogens (tertiary/aromatic N) is 1. The first-order valence-electron chi connectivity index (χ1n) is 5.49. The van der Waals surface area contributed by atoms with Crippen molar-refractivity contribution in [2.45, 2.75) is 11.8 Å². The molecule has 0 saturated heterocycles. The van der Waals surface area contributed by atoms with Gasteiger partial charge in [0.2, 0.25) is 0 Å². The Balaban J connectivity index is 2.43. The Morgan fingerprint density at radius 3 is 2.55 bits per heavy atom. The lowest BCUT2D eigenvalue weighted by atomic mass is 10.2. The number of sulfonamides is 1. The minimum atomic E-state index is -3.78. The van der Waals surface area contributed by atoms with Crippen molar-refractivity contribution in [3.05, 3.63) is 45.0 Å². The molecule has 0 saturated carbocycles. The standard InChI is InChI=1S/C12H11Br2N3O2S/c1-7-4-8(13)2-3-10(7)17-20(18,19)11-5-9(14)6-16-12(11)15/h2-6,17H,1H3,(H2,15,16). The van der Waals surface area contributed by atoms with Crippen LogP contribution in [0.4, 0.5) is 11.5 Å². The van der Waals surface area contributed by atoms with Gasteiger partial charge in [0.1, 0.15) is 10.7 Å². The Morgan fingerprint density at radius 1 is 1.20 bits per heavy atom. The predicted molar refractivity (Wildman–Crippen MR) is 86.0 cm³/mol. The summed E-state index contributed by atoms with van der Waals surface area (Å²) in [5.74, 6) is -0.0459. The van der Waals surface area contributed by atoms with Gasteiger partial charge in [-0.15, -0.1) is 0 Å². The highest BCUT2D eigenvalue weighted by Crippen LogP contribution is 2.26. The zero-order chi connectivity index (χ0) is 14.9. The Bertz CT molecular complexity index is 763. The fourth-order valence-electron chi connectivity index (χ4n) is 1.59. The normalized spacial score (nSPS) is 11.3. The van der Waals surface area contributed by atoms with E-state index in [2.05, 4.69) is 41.6 Å². The van der Waals surface area contributed by atoms with Crippen LogP contribution >= 0.6 is 31.9 Å². The average molecular weight is 421 g/mol. The SMILES string of the molecule is Cc1cc(Br)ccc1NS(=O)(=O)c1cc(Br)cnc1N. The molecule has 0 fully saturated rings. The molecule has 106 valence electrons. The van der Waals surface area contributed by atoms with Crippen LogP contribution in [0.5, 0.6) is 0 Å². The van der Waals surface area contributed by atoms with Crippen molar-refractivity contribution >= 4 is 53.4 Å². The number of aryl methyl sites for hydroxylation is 1. The van der Waals surface area contributed by atoms with Gasteiger partial charge >= 0.3 is 0 Å². The maximum absolute atomic E-state index is 12.3. The summed E-state index contributed by atoms with van der Waals surface area (Å²) in [6, 6.07) is 6.67. The number of nitrogens with two attached hydrogens (primary N) is 1. The summed E-state index contributed by atoms with van der Waals surface area (Å²) >= 11 is 6.51. The summed E-state index contributed by atoms with van der Waals surface area (Å²) in [4.78, 5) is 3.77.